The number of anilines is 1. The molecule has 1 unspecified atom stereocenters. The second-order valence-electron chi connectivity index (χ2n) is 4.89. The number of nitrogens with two attached hydrogens (primary N) is 1. The number of nitrogens with one attached hydrogen (secondary N) is 1. The molecular formula is C14H22ClN3O2. The molecule has 0 aromatic heterocycles. The van der Waals surface area contributed by atoms with E-state index in [0.29, 0.717) is 18.0 Å². The summed E-state index contributed by atoms with van der Waals surface area (Å²) in [5, 5.41) is 2.88. The van der Waals surface area contributed by atoms with Crippen LogP contribution in [0.5, 0.6) is 5.75 Å². The van der Waals surface area contributed by atoms with E-state index in [0.717, 1.165) is 25.9 Å². The normalized spacial score (nSPS) is 19.0. The number of likely N-dealkylation sites (tertiary alicyclic amines) is 1. The van der Waals surface area contributed by atoms with Crippen LogP contribution in [0, 0.1) is 0 Å². The lowest BCUT2D eigenvalue weighted by Gasteiger charge is -2.30. The van der Waals surface area contributed by atoms with Gasteiger partial charge in [0.25, 0.3) is 0 Å². The Balaban J connectivity index is 0.00000200. The Hall–Kier alpha value is -1.30. The second kappa shape index (κ2) is 8.09. The van der Waals surface area contributed by atoms with Crippen molar-refractivity contribution < 1.29 is 9.53 Å². The van der Waals surface area contributed by atoms with Gasteiger partial charge >= 0.3 is 0 Å². The molecule has 1 aromatic carbocycles. The van der Waals surface area contributed by atoms with Gasteiger partial charge in [-0.3, -0.25) is 9.69 Å². The van der Waals surface area contributed by atoms with E-state index >= 15 is 0 Å². The Bertz CT molecular complexity index is 442. The Morgan fingerprint density at radius 2 is 2.25 bits per heavy atom. The minimum atomic E-state index is -0.0291. The molecule has 0 spiro atoms. The molecule has 6 heteroatoms. The number of nitrogens with zero attached hydrogens (tertiary/aromatic N) is 1. The van der Waals surface area contributed by atoms with Gasteiger partial charge in [0.1, 0.15) is 5.75 Å². The zero-order valence-electron chi connectivity index (χ0n) is 11.7. The molecule has 1 amide bonds. The Labute approximate surface area is 125 Å². The molecule has 0 saturated carbocycles. The number of para-hydroxylation sites is 2. The molecule has 1 atom stereocenters. The van der Waals surface area contributed by atoms with Crippen LogP contribution in [0.4, 0.5) is 5.69 Å². The maximum atomic E-state index is 12.0. The third kappa shape index (κ3) is 4.67. The van der Waals surface area contributed by atoms with Gasteiger partial charge in [-0.25, -0.2) is 0 Å². The lowest BCUT2D eigenvalue weighted by Crippen LogP contribution is -2.45. The fourth-order valence-electron chi connectivity index (χ4n) is 2.38. The average molecular weight is 300 g/mol. The van der Waals surface area contributed by atoms with Crippen LogP contribution in [0.2, 0.25) is 0 Å². The molecule has 20 heavy (non-hydrogen) atoms. The second-order valence-corrected chi connectivity index (χ2v) is 4.89. The maximum Gasteiger partial charge on any atom is 0.238 e. The predicted octanol–water partition coefficient (Wildman–Crippen LogP) is 1.48. The van der Waals surface area contributed by atoms with Crippen LogP contribution in [0.25, 0.3) is 0 Å². The molecule has 1 saturated heterocycles. The first-order chi connectivity index (χ1) is 9.19. The van der Waals surface area contributed by atoms with Crippen molar-refractivity contribution in [1.82, 2.24) is 4.90 Å². The van der Waals surface area contributed by atoms with Crippen molar-refractivity contribution in [2.24, 2.45) is 5.73 Å². The van der Waals surface area contributed by atoms with E-state index in [1.807, 2.05) is 24.3 Å². The van der Waals surface area contributed by atoms with E-state index < -0.39 is 0 Å². The standard InChI is InChI=1S/C14H21N3O2.ClH/c1-19-13-7-3-2-6-12(13)16-14(18)10-17-8-4-5-11(15)9-17;/h2-3,6-7,11H,4-5,8-10,15H2,1H3,(H,16,18);1H. The number of halogens is 1. The zero-order valence-corrected chi connectivity index (χ0v) is 12.5. The number of hydrogen-bond donors (Lipinski definition) is 2. The van der Waals surface area contributed by atoms with Crippen LogP contribution in [0.15, 0.2) is 24.3 Å². The van der Waals surface area contributed by atoms with Crippen molar-refractivity contribution in [2.45, 2.75) is 18.9 Å². The van der Waals surface area contributed by atoms with Gasteiger partial charge in [-0.05, 0) is 31.5 Å². The van der Waals surface area contributed by atoms with E-state index in [1.165, 1.54) is 0 Å². The Morgan fingerprint density at radius 1 is 1.50 bits per heavy atom. The molecular weight excluding hydrogens is 278 g/mol. The predicted molar refractivity (Wildman–Crippen MR) is 82.5 cm³/mol. The first-order valence-corrected chi connectivity index (χ1v) is 6.60. The minimum Gasteiger partial charge on any atom is -0.495 e. The average Bonchev–Trinajstić information content (AvgIpc) is 2.39. The molecule has 0 radical (unpaired) electrons. The number of amides is 1. The van der Waals surface area contributed by atoms with Crippen molar-refractivity contribution in [3.8, 4) is 5.75 Å². The maximum absolute atomic E-state index is 12.0. The molecule has 3 N–H and O–H groups in total. The lowest BCUT2D eigenvalue weighted by atomic mass is 10.1. The van der Waals surface area contributed by atoms with Crippen LogP contribution in [-0.4, -0.2) is 43.6 Å². The van der Waals surface area contributed by atoms with Crippen LogP contribution >= 0.6 is 12.4 Å². The number of hydrogen-bond acceptors (Lipinski definition) is 4. The molecule has 2 rings (SSSR count). The quantitative estimate of drug-likeness (QED) is 0.884. The number of carbonyl (C=O) groups is 1. The highest BCUT2D eigenvalue weighted by Gasteiger charge is 2.19. The summed E-state index contributed by atoms with van der Waals surface area (Å²) in [5.41, 5.74) is 6.61. The van der Waals surface area contributed by atoms with E-state index in [2.05, 4.69) is 10.2 Å². The van der Waals surface area contributed by atoms with Crippen molar-refractivity contribution in [3.05, 3.63) is 24.3 Å². The summed E-state index contributed by atoms with van der Waals surface area (Å²) >= 11 is 0. The molecule has 1 aromatic rings. The highest BCUT2D eigenvalue weighted by Crippen LogP contribution is 2.22. The van der Waals surface area contributed by atoms with E-state index in [-0.39, 0.29) is 24.4 Å². The summed E-state index contributed by atoms with van der Waals surface area (Å²) < 4.78 is 5.20. The summed E-state index contributed by atoms with van der Waals surface area (Å²) in [7, 11) is 1.59. The van der Waals surface area contributed by atoms with E-state index in [9.17, 15) is 4.79 Å². The fraction of sp³-hybridized carbons (Fsp3) is 0.500. The van der Waals surface area contributed by atoms with Gasteiger partial charge < -0.3 is 15.8 Å². The summed E-state index contributed by atoms with van der Waals surface area (Å²) in [4.78, 5) is 14.1. The summed E-state index contributed by atoms with van der Waals surface area (Å²) in [6.45, 7) is 2.11. The molecule has 1 fully saturated rings. The molecule has 0 bridgehead atoms. The van der Waals surface area contributed by atoms with Crippen molar-refractivity contribution in [3.63, 3.8) is 0 Å². The minimum absolute atomic E-state index is 0. The summed E-state index contributed by atoms with van der Waals surface area (Å²) in [5.74, 6) is 0.643. The number of benzene rings is 1. The first kappa shape index (κ1) is 16.8. The highest BCUT2D eigenvalue weighted by atomic mass is 35.5. The van der Waals surface area contributed by atoms with Gasteiger partial charge in [-0.2, -0.15) is 0 Å². The van der Waals surface area contributed by atoms with Gasteiger partial charge in [0.05, 0.1) is 19.3 Å². The van der Waals surface area contributed by atoms with Gasteiger partial charge in [-0.15, -0.1) is 12.4 Å². The highest BCUT2D eigenvalue weighted by molar-refractivity contribution is 5.93. The SMILES string of the molecule is COc1ccccc1NC(=O)CN1CCCC(N)C1.Cl. The van der Waals surface area contributed by atoms with Gasteiger partial charge in [0.2, 0.25) is 5.91 Å². The number of rotatable bonds is 4. The van der Waals surface area contributed by atoms with Gasteiger partial charge in [0.15, 0.2) is 0 Å². The molecule has 112 valence electrons. The van der Waals surface area contributed by atoms with Crippen LogP contribution in [0.3, 0.4) is 0 Å². The van der Waals surface area contributed by atoms with E-state index in [1.54, 1.807) is 7.11 Å². The summed E-state index contributed by atoms with van der Waals surface area (Å²) in [6, 6.07) is 7.59. The largest absolute Gasteiger partial charge is 0.495 e. The molecule has 1 aliphatic rings. The van der Waals surface area contributed by atoms with Crippen LogP contribution in [-0.2, 0) is 4.79 Å². The Kier molecular flexibility index (Phi) is 6.78. The number of carbonyl (C=O) groups excluding carboxylic acids is 1. The molecule has 1 heterocycles. The van der Waals surface area contributed by atoms with Crippen LogP contribution < -0.4 is 15.8 Å². The van der Waals surface area contributed by atoms with Crippen molar-refractivity contribution >= 4 is 24.0 Å². The van der Waals surface area contributed by atoms with E-state index in [4.69, 9.17) is 10.5 Å². The van der Waals surface area contributed by atoms with Crippen LogP contribution in [0.1, 0.15) is 12.8 Å². The molecule has 1 aliphatic heterocycles. The number of piperidine rings is 1. The third-order valence-corrected chi connectivity index (χ3v) is 3.29. The van der Waals surface area contributed by atoms with Gasteiger partial charge in [-0.1, -0.05) is 12.1 Å². The first-order valence-electron chi connectivity index (χ1n) is 6.60. The third-order valence-electron chi connectivity index (χ3n) is 3.29. The molecule has 0 aliphatic carbocycles. The van der Waals surface area contributed by atoms with Crippen molar-refractivity contribution in [1.29, 1.82) is 0 Å². The number of ether oxygens (including phenoxy) is 1. The Morgan fingerprint density at radius 3 is 2.95 bits per heavy atom. The number of methoxy groups -OCH3 is 1. The smallest absolute Gasteiger partial charge is 0.238 e. The zero-order chi connectivity index (χ0) is 13.7. The summed E-state index contributed by atoms with van der Waals surface area (Å²) in [6.07, 6.45) is 2.10. The van der Waals surface area contributed by atoms with Gasteiger partial charge in [0, 0.05) is 12.6 Å². The van der Waals surface area contributed by atoms with Crippen molar-refractivity contribution in [2.75, 3.05) is 32.1 Å². The fourth-order valence-corrected chi connectivity index (χ4v) is 2.38. The topological polar surface area (TPSA) is 67.6 Å². The lowest BCUT2D eigenvalue weighted by molar-refractivity contribution is -0.117. The molecule has 5 nitrogen and oxygen atoms in total. The monoisotopic (exact) mass is 299 g/mol.